The Morgan fingerprint density at radius 1 is 1.47 bits per heavy atom. The molecule has 5 nitrogen and oxygen atoms in total. The maximum Gasteiger partial charge on any atom is 0.307 e. The van der Waals surface area contributed by atoms with Crippen LogP contribution in [0.5, 0.6) is 5.75 Å². The van der Waals surface area contributed by atoms with Gasteiger partial charge in [-0.25, -0.2) is 0 Å². The normalized spacial score (nSPS) is 26.4. The summed E-state index contributed by atoms with van der Waals surface area (Å²) in [5.74, 6) is -0.567. The monoisotopic (exact) mass is 261 g/mol. The van der Waals surface area contributed by atoms with Crippen LogP contribution in [0.2, 0.25) is 0 Å². The molecule has 1 aliphatic heterocycles. The molecule has 3 rings (SSSR count). The fourth-order valence-electron chi connectivity index (χ4n) is 2.84. The Bertz CT molecular complexity index is 579. The van der Waals surface area contributed by atoms with Crippen LogP contribution in [0.15, 0.2) is 17.3 Å². The molecule has 2 atom stereocenters. The molecule has 1 aromatic rings. The van der Waals surface area contributed by atoms with Gasteiger partial charge in [-0.15, -0.1) is 4.91 Å². The van der Waals surface area contributed by atoms with Gasteiger partial charge in [0.05, 0.1) is 5.92 Å². The third-order valence-corrected chi connectivity index (χ3v) is 3.82. The van der Waals surface area contributed by atoms with Crippen LogP contribution in [-0.4, -0.2) is 16.7 Å². The van der Waals surface area contributed by atoms with E-state index in [1.807, 2.05) is 13.8 Å². The lowest BCUT2D eigenvalue weighted by Crippen LogP contribution is -2.24. The van der Waals surface area contributed by atoms with Crippen molar-refractivity contribution in [1.82, 2.24) is 0 Å². The Hall–Kier alpha value is -1.91. The number of fused-ring (bicyclic) bond motifs is 1. The first-order chi connectivity index (χ1) is 8.91. The van der Waals surface area contributed by atoms with Crippen molar-refractivity contribution in [2.75, 3.05) is 0 Å². The van der Waals surface area contributed by atoms with Gasteiger partial charge in [0.1, 0.15) is 17.0 Å². The number of rotatable bonds is 3. The van der Waals surface area contributed by atoms with Gasteiger partial charge in [-0.3, -0.25) is 4.79 Å². The Balaban J connectivity index is 1.99. The first-order valence-corrected chi connectivity index (χ1v) is 6.33. The standard InChI is InChI=1S/C14H15NO4/c1-14(2)6-7-3-11(15-18)9(5-12(7)19-14)8-4-10(8)13(16)17/h3,5,8,10H,4,6H2,1-2H3,(H,16,17)/t8-,10+/m0/s1. The van der Waals surface area contributed by atoms with Gasteiger partial charge in [0.2, 0.25) is 0 Å². The van der Waals surface area contributed by atoms with Crippen LogP contribution in [0, 0.1) is 10.8 Å². The number of carboxylic acid groups (broad SMARTS) is 1. The lowest BCUT2D eigenvalue weighted by Gasteiger charge is -2.16. The van der Waals surface area contributed by atoms with E-state index in [1.165, 1.54) is 0 Å². The minimum Gasteiger partial charge on any atom is -0.487 e. The Morgan fingerprint density at radius 3 is 2.79 bits per heavy atom. The van der Waals surface area contributed by atoms with Crippen molar-refractivity contribution in [2.45, 2.75) is 38.2 Å². The molecule has 19 heavy (non-hydrogen) atoms. The van der Waals surface area contributed by atoms with E-state index in [-0.39, 0.29) is 11.5 Å². The second-order valence-corrected chi connectivity index (χ2v) is 5.94. The van der Waals surface area contributed by atoms with Crippen LogP contribution in [0.4, 0.5) is 5.69 Å². The molecule has 1 aliphatic carbocycles. The van der Waals surface area contributed by atoms with Crippen LogP contribution in [-0.2, 0) is 11.2 Å². The van der Waals surface area contributed by atoms with Crippen molar-refractivity contribution in [3.63, 3.8) is 0 Å². The number of ether oxygens (including phenoxy) is 1. The van der Waals surface area contributed by atoms with Gasteiger partial charge in [-0.05, 0) is 43.1 Å². The first kappa shape index (κ1) is 12.1. The van der Waals surface area contributed by atoms with Crippen molar-refractivity contribution in [3.05, 3.63) is 28.2 Å². The molecule has 1 saturated carbocycles. The highest BCUT2D eigenvalue weighted by Crippen LogP contribution is 2.52. The minimum atomic E-state index is -0.816. The number of nitroso groups, excluding NO2 is 1. The molecule has 0 amide bonds. The molecule has 0 bridgehead atoms. The van der Waals surface area contributed by atoms with Gasteiger partial charge in [0.25, 0.3) is 0 Å². The van der Waals surface area contributed by atoms with Gasteiger partial charge in [0.15, 0.2) is 0 Å². The fourth-order valence-corrected chi connectivity index (χ4v) is 2.84. The van der Waals surface area contributed by atoms with E-state index in [9.17, 15) is 9.70 Å². The summed E-state index contributed by atoms with van der Waals surface area (Å²) in [5, 5.41) is 12.0. The maximum absolute atomic E-state index is 11.0. The van der Waals surface area contributed by atoms with Crippen molar-refractivity contribution < 1.29 is 14.6 Å². The summed E-state index contributed by atoms with van der Waals surface area (Å²) in [6.07, 6.45) is 1.30. The third-order valence-electron chi connectivity index (χ3n) is 3.82. The first-order valence-electron chi connectivity index (χ1n) is 6.33. The SMILES string of the molecule is CC1(C)Cc2cc(N=O)c([C@@H]3C[C@H]3C(=O)O)cc2O1. The molecule has 0 unspecified atom stereocenters. The van der Waals surface area contributed by atoms with Gasteiger partial charge in [-0.2, -0.15) is 0 Å². The molecule has 0 radical (unpaired) electrons. The van der Waals surface area contributed by atoms with Crippen molar-refractivity contribution in [1.29, 1.82) is 0 Å². The number of benzene rings is 1. The van der Waals surface area contributed by atoms with E-state index in [0.29, 0.717) is 17.7 Å². The molecule has 1 N–H and O–H groups in total. The number of carboxylic acids is 1. The predicted octanol–water partition coefficient (Wildman–Crippen LogP) is 2.99. The number of hydrogen-bond acceptors (Lipinski definition) is 4. The molecular formula is C14H15NO4. The number of aliphatic carboxylic acids is 1. The highest BCUT2D eigenvalue weighted by molar-refractivity contribution is 5.76. The molecule has 5 heteroatoms. The second-order valence-electron chi connectivity index (χ2n) is 5.94. The third kappa shape index (κ3) is 1.99. The number of nitrogens with zero attached hydrogens (tertiary/aromatic N) is 1. The Kier molecular flexibility index (Phi) is 2.42. The van der Waals surface area contributed by atoms with E-state index < -0.39 is 11.9 Å². The van der Waals surface area contributed by atoms with Crippen LogP contribution in [0.1, 0.15) is 37.3 Å². The van der Waals surface area contributed by atoms with E-state index in [1.54, 1.807) is 12.1 Å². The summed E-state index contributed by atoms with van der Waals surface area (Å²) in [4.78, 5) is 21.9. The molecule has 0 saturated heterocycles. The van der Waals surface area contributed by atoms with Crippen molar-refractivity contribution in [3.8, 4) is 5.75 Å². The smallest absolute Gasteiger partial charge is 0.307 e. The van der Waals surface area contributed by atoms with Gasteiger partial charge < -0.3 is 9.84 Å². The number of carbonyl (C=O) groups is 1. The quantitative estimate of drug-likeness (QED) is 0.848. The van der Waals surface area contributed by atoms with Gasteiger partial charge in [-0.1, -0.05) is 0 Å². The second kappa shape index (κ2) is 3.79. The highest BCUT2D eigenvalue weighted by atomic mass is 16.5. The van der Waals surface area contributed by atoms with E-state index in [2.05, 4.69) is 5.18 Å². The zero-order valence-corrected chi connectivity index (χ0v) is 10.8. The molecule has 100 valence electrons. The van der Waals surface area contributed by atoms with Gasteiger partial charge in [0, 0.05) is 17.9 Å². The van der Waals surface area contributed by atoms with Crippen LogP contribution < -0.4 is 4.74 Å². The summed E-state index contributed by atoms with van der Waals surface area (Å²) in [5.41, 5.74) is 1.75. The van der Waals surface area contributed by atoms with Crippen LogP contribution in [0.25, 0.3) is 0 Å². The highest BCUT2D eigenvalue weighted by Gasteiger charge is 2.46. The zero-order valence-electron chi connectivity index (χ0n) is 10.8. The summed E-state index contributed by atoms with van der Waals surface area (Å²) in [6.45, 7) is 3.97. The fraction of sp³-hybridized carbons (Fsp3) is 0.500. The van der Waals surface area contributed by atoms with Crippen LogP contribution in [0.3, 0.4) is 0 Å². The summed E-state index contributed by atoms with van der Waals surface area (Å²) >= 11 is 0. The van der Waals surface area contributed by atoms with Gasteiger partial charge >= 0.3 is 5.97 Å². The molecule has 2 aliphatic rings. The molecule has 0 aromatic heterocycles. The summed E-state index contributed by atoms with van der Waals surface area (Å²) < 4.78 is 5.82. The average Bonchev–Trinajstić information content (AvgIpc) is 3.04. The Morgan fingerprint density at radius 2 is 2.21 bits per heavy atom. The van der Waals surface area contributed by atoms with E-state index >= 15 is 0 Å². The summed E-state index contributed by atoms with van der Waals surface area (Å²) in [7, 11) is 0. The van der Waals surface area contributed by atoms with E-state index in [0.717, 1.165) is 17.7 Å². The lowest BCUT2D eigenvalue weighted by molar-refractivity contribution is -0.138. The lowest BCUT2D eigenvalue weighted by atomic mass is 9.98. The molecule has 1 heterocycles. The minimum absolute atomic E-state index is 0.109. The van der Waals surface area contributed by atoms with Crippen molar-refractivity contribution >= 4 is 11.7 Å². The zero-order chi connectivity index (χ0) is 13.8. The molecule has 0 spiro atoms. The molecular weight excluding hydrogens is 246 g/mol. The molecule has 1 fully saturated rings. The van der Waals surface area contributed by atoms with E-state index in [4.69, 9.17) is 9.84 Å². The molecule has 1 aromatic carbocycles. The van der Waals surface area contributed by atoms with Crippen LogP contribution >= 0.6 is 0 Å². The Labute approximate surface area is 110 Å². The average molecular weight is 261 g/mol. The largest absolute Gasteiger partial charge is 0.487 e. The maximum atomic E-state index is 11.0. The summed E-state index contributed by atoms with van der Waals surface area (Å²) in [6, 6.07) is 3.54. The van der Waals surface area contributed by atoms with Crippen molar-refractivity contribution in [2.24, 2.45) is 11.1 Å². The topological polar surface area (TPSA) is 76.0 Å². The predicted molar refractivity (Wildman–Crippen MR) is 68.8 cm³/mol. The number of hydrogen-bond donors (Lipinski definition) is 1.